The molecule has 3 rings (SSSR count). The summed E-state index contributed by atoms with van der Waals surface area (Å²) in [5.41, 5.74) is 7.52. The molecule has 1 saturated heterocycles. The van der Waals surface area contributed by atoms with Crippen LogP contribution in [0.5, 0.6) is 0 Å². The molecule has 2 aromatic heterocycles. The number of likely N-dealkylation sites (tertiary alicyclic amines) is 1. The van der Waals surface area contributed by atoms with Crippen LogP contribution >= 0.6 is 0 Å². The Morgan fingerprint density at radius 2 is 2.32 bits per heavy atom. The van der Waals surface area contributed by atoms with Crippen LogP contribution in [0.25, 0.3) is 5.52 Å². The molecule has 0 bridgehead atoms. The van der Waals surface area contributed by atoms with Gasteiger partial charge in [-0.1, -0.05) is 13.0 Å². The summed E-state index contributed by atoms with van der Waals surface area (Å²) in [5, 5.41) is 4.21. The number of carbonyl (C=O) groups is 1. The van der Waals surface area contributed by atoms with Crippen molar-refractivity contribution < 1.29 is 4.79 Å². The van der Waals surface area contributed by atoms with Gasteiger partial charge in [-0.3, -0.25) is 4.79 Å². The number of carbonyl (C=O) groups excluding carboxylic acids is 1. The molecule has 1 fully saturated rings. The maximum absolute atomic E-state index is 12.6. The Labute approximate surface area is 112 Å². The van der Waals surface area contributed by atoms with Gasteiger partial charge in [0.15, 0.2) is 0 Å². The van der Waals surface area contributed by atoms with E-state index in [0.29, 0.717) is 11.5 Å². The first-order valence-corrected chi connectivity index (χ1v) is 6.64. The van der Waals surface area contributed by atoms with Crippen molar-refractivity contribution >= 4 is 11.4 Å². The van der Waals surface area contributed by atoms with Gasteiger partial charge in [0.05, 0.1) is 17.3 Å². The summed E-state index contributed by atoms with van der Waals surface area (Å²) in [6.07, 6.45) is 4.36. The molecule has 5 nitrogen and oxygen atoms in total. The van der Waals surface area contributed by atoms with Gasteiger partial charge in [-0.15, -0.1) is 0 Å². The second kappa shape index (κ2) is 4.66. The minimum Gasteiger partial charge on any atom is -0.338 e. The predicted octanol–water partition coefficient (Wildman–Crippen LogP) is 1.14. The van der Waals surface area contributed by atoms with Crippen LogP contribution in [0.2, 0.25) is 0 Å². The number of hydrogen-bond acceptors (Lipinski definition) is 3. The van der Waals surface area contributed by atoms with Gasteiger partial charge in [0.25, 0.3) is 5.91 Å². The van der Waals surface area contributed by atoms with Gasteiger partial charge >= 0.3 is 0 Å². The largest absolute Gasteiger partial charge is 0.338 e. The van der Waals surface area contributed by atoms with E-state index in [9.17, 15) is 4.79 Å². The molecule has 0 aromatic carbocycles. The predicted molar refractivity (Wildman–Crippen MR) is 72.9 cm³/mol. The number of nitrogens with zero attached hydrogens (tertiary/aromatic N) is 3. The van der Waals surface area contributed by atoms with E-state index in [1.54, 1.807) is 10.7 Å². The van der Waals surface area contributed by atoms with Crippen LogP contribution < -0.4 is 5.73 Å². The summed E-state index contributed by atoms with van der Waals surface area (Å²) < 4.78 is 1.73. The molecule has 100 valence electrons. The second-order valence-corrected chi connectivity index (χ2v) is 5.27. The average Bonchev–Trinajstić information content (AvgIpc) is 2.85. The zero-order valence-electron chi connectivity index (χ0n) is 11.0. The third-order valence-corrected chi connectivity index (χ3v) is 3.92. The first-order valence-electron chi connectivity index (χ1n) is 6.64. The van der Waals surface area contributed by atoms with Gasteiger partial charge < -0.3 is 10.6 Å². The van der Waals surface area contributed by atoms with Crippen molar-refractivity contribution in [1.29, 1.82) is 0 Å². The van der Waals surface area contributed by atoms with Gasteiger partial charge in [0.2, 0.25) is 0 Å². The second-order valence-electron chi connectivity index (χ2n) is 5.27. The van der Waals surface area contributed by atoms with Crippen molar-refractivity contribution in [3.63, 3.8) is 0 Å². The normalized spacial score (nSPS) is 23.8. The lowest BCUT2D eigenvalue weighted by atomic mass is 9.94. The van der Waals surface area contributed by atoms with Crippen molar-refractivity contribution in [2.75, 3.05) is 13.1 Å². The van der Waals surface area contributed by atoms with E-state index < -0.39 is 0 Å². The van der Waals surface area contributed by atoms with Crippen LogP contribution in [0.4, 0.5) is 0 Å². The lowest BCUT2D eigenvalue weighted by molar-refractivity contribution is 0.0666. The summed E-state index contributed by atoms with van der Waals surface area (Å²) >= 11 is 0. The third-order valence-electron chi connectivity index (χ3n) is 3.92. The molecule has 3 heterocycles. The standard InChI is InChI=1S/C14H18N4O/c1-10-9-17(7-5-12(10)15)14(19)11-8-16-18-6-3-2-4-13(11)18/h2-4,6,8,10,12H,5,7,9,15H2,1H3. The zero-order valence-corrected chi connectivity index (χ0v) is 11.0. The molecule has 5 heteroatoms. The fraction of sp³-hybridized carbons (Fsp3) is 0.429. The van der Waals surface area contributed by atoms with Crippen molar-refractivity contribution in [3.05, 3.63) is 36.2 Å². The Hall–Kier alpha value is -1.88. The Balaban J connectivity index is 1.88. The van der Waals surface area contributed by atoms with E-state index in [-0.39, 0.29) is 11.9 Å². The summed E-state index contributed by atoms with van der Waals surface area (Å²) in [5.74, 6) is 0.402. The van der Waals surface area contributed by atoms with Gasteiger partial charge in [0.1, 0.15) is 0 Å². The Morgan fingerprint density at radius 1 is 1.47 bits per heavy atom. The first-order chi connectivity index (χ1) is 9.16. The van der Waals surface area contributed by atoms with E-state index in [4.69, 9.17) is 5.73 Å². The highest BCUT2D eigenvalue weighted by atomic mass is 16.2. The van der Waals surface area contributed by atoms with Gasteiger partial charge in [0, 0.05) is 25.3 Å². The highest BCUT2D eigenvalue weighted by Crippen LogP contribution is 2.19. The van der Waals surface area contributed by atoms with Crippen molar-refractivity contribution in [2.45, 2.75) is 19.4 Å². The Kier molecular flexibility index (Phi) is 2.98. The Morgan fingerprint density at radius 3 is 3.11 bits per heavy atom. The number of hydrogen-bond donors (Lipinski definition) is 1. The van der Waals surface area contributed by atoms with Crippen LogP contribution in [0.15, 0.2) is 30.6 Å². The number of nitrogens with two attached hydrogens (primary N) is 1. The lowest BCUT2D eigenvalue weighted by Gasteiger charge is -2.34. The quantitative estimate of drug-likeness (QED) is 0.834. The van der Waals surface area contributed by atoms with Crippen LogP contribution in [0.1, 0.15) is 23.7 Å². The number of pyridine rings is 1. The first kappa shape index (κ1) is 12.2. The topological polar surface area (TPSA) is 63.6 Å². The molecule has 2 N–H and O–H groups in total. The molecule has 0 aliphatic carbocycles. The molecule has 0 saturated carbocycles. The van der Waals surface area contributed by atoms with E-state index in [1.807, 2.05) is 29.3 Å². The molecule has 1 aliphatic rings. The maximum atomic E-state index is 12.6. The van der Waals surface area contributed by atoms with Crippen molar-refractivity contribution in [2.24, 2.45) is 11.7 Å². The molecule has 0 radical (unpaired) electrons. The number of amides is 1. The fourth-order valence-corrected chi connectivity index (χ4v) is 2.62. The summed E-state index contributed by atoms with van der Waals surface area (Å²) in [7, 11) is 0. The number of aromatic nitrogens is 2. The highest BCUT2D eigenvalue weighted by molar-refractivity contribution is 6.00. The summed E-state index contributed by atoms with van der Waals surface area (Å²) in [6.45, 7) is 3.55. The highest BCUT2D eigenvalue weighted by Gasteiger charge is 2.28. The van der Waals surface area contributed by atoms with Crippen LogP contribution in [-0.4, -0.2) is 39.6 Å². The third kappa shape index (κ3) is 2.10. The number of fused-ring (bicyclic) bond motifs is 1. The van der Waals surface area contributed by atoms with Crippen molar-refractivity contribution in [1.82, 2.24) is 14.5 Å². The van der Waals surface area contributed by atoms with E-state index in [2.05, 4.69) is 12.0 Å². The summed E-state index contributed by atoms with van der Waals surface area (Å²) in [4.78, 5) is 14.4. The molecule has 2 aromatic rings. The number of piperidine rings is 1. The molecule has 2 atom stereocenters. The van der Waals surface area contributed by atoms with Crippen LogP contribution in [0, 0.1) is 5.92 Å². The van der Waals surface area contributed by atoms with Gasteiger partial charge in [-0.25, -0.2) is 4.52 Å². The SMILES string of the molecule is CC1CN(C(=O)c2cnn3ccccc23)CCC1N. The smallest absolute Gasteiger partial charge is 0.257 e. The van der Waals surface area contributed by atoms with E-state index >= 15 is 0 Å². The minimum absolute atomic E-state index is 0.0555. The van der Waals surface area contributed by atoms with Crippen LogP contribution in [0.3, 0.4) is 0 Å². The summed E-state index contributed by atoms with van der Waals surface area (Å²) in [6, 6.07) is 5.94. The van der Waals surface area contributed by atoms with E-state index in [1.165, 1.54) is 0 Å². The lowest BCUT2D eigenvalue weighted by Crippen LogP contribution is -2.48. The van der Waals surface area contributed by atoms with Crippen molar-refractivity contribution in [3.8, 4) is 0 Å². The fourth-order valence-electron chi connectivity index (χ4n) is 2.62. The zero-order chi connectivity index (χ0) is 13.4. The Bertz CT molecular complexity index is 606. The van der Waals surface area contributed by atoms with E-state index in [0.717, 1.165) is 25.0 Å². The molecule has 1 aliphatic heterocycles. The molecule has 19 heavy (non-hydrogen) atoms. The monoisotopic (exact) mass is 258 g/mol. The number of rotatable bonds is 1. The van der Waals surface area contributed by atoms with Gasteiger partial charge in [-0.05, 0) is 24.5 Å². The molecule has 1 amide bonds. The van der Waals surface area contributed by atoms with Crippen LogP contribution in [-0.2, 0) is 0 Å². The molecular weight excluding hydrogens is 240 g/mol. The minimum atomic E-state index is 0.0555. The van der Waals surface area contributed by atoms with Gasteiger partial charge in [-0.2, -0.15) is 5.10 Å². The molecular formula is C14H18N4O. The maximum Gasteiger partial charge on any atom is 0.257 e. The molecule has 2 unspecified atom stereocenters. The molecule has 0 spiro atoms. The average molecular weight is 258 g/mol.